The smallest absolute Gasteiger partial charge is 0.407 e. The molecular weight excluding hydrogens is 389 g/mol. The monoisotopic (exact) mass is 415 g/mol. The number of ether oxygens (including phenoxy) is 1. The van der Waals surface area contributed by atoms with Crippen molar-refractivity contribution in [3.05, 3.63) is 23.8 Å². The molecule has 2 saturated heterocycles. The average Bonchev–Trinajstić information content (AvgIpc) is 2.95. The second-order valence-corrected chi connectivity index (χ2v) is 8.78. The number of piperazine rings is 1. The normalized spacial score (nSPS) is 27.2. The molecule has 9 heteroatoms. The molecule has 2 bridgehead atoms. The molecule has 4 atom stereocenters. The van der Waals surface area contributed by atoms with Crippen molar-refractivity contribution >= 4 is 22.7 Å². The highest BCUT2D eigenvalue weighted by Crippen LogP contribution is 2.44. The Hall–Kier alpha value is -2.68. The zero-order valence-electron chi connectivity index (χ0n) is 17.4. The zero-order chi connectivity index (χ0) is 21.2. The number of halogens is 1. The van der Waals surface area contributed by atoms with Crippen molar-refractivity contribution in [3.63, 3.8) is 0 Å². The van der Waals surface area contributed by atoms with Crippen LogP contribution in [0.3, 0.4) is 0 Å². The largest absolute Gasteiger partial charge is 0.472 e. The van der Waals surface area contributed by atoms with Crippen LogP contribution in [0.1, 0.15) is 25.5 Å². The van der Waals surface area contributed by atoms with Gasteiger partial charge < -0.3 is 19.6 Å². The summed E-state index contributed by atoms with van der Waals surface area (Å²) in [5, 5.41) is 10.8. The predicted octanol–water partition coefficient (Wildman–Crippen LogP) is 2.35. The molecule has 3 aliphatic rings. The molecule has 160 valence electrons. The summed E-state index contributed by atoms with van der Waals surface area (Å²) in [5.41, 5.74) is 0.809. The number of fused-ring (bicyclic) bond motifs is 5. The zero-order valence-corrected chi connectivity index (χ0v) is 17.4. The second-order valence-electron chi connectivity index (χ2n) is 8.78. The summed E-state index contributed by atoms with van der Waals surface area (Å²) in [5.74, 6) is 0.637. The van der Waals surface area contributed by atoms with Crippen LogP contribution >= 0.6 is 0 Å². The van der Waals surface area contributed by atoms with Crippen LogP contribution in [-0.2, 0) is 6.42 Å². The Labute approximate surface area is 174 Å². The maximum absolute atomic E-state index is 14.8. The Bertz CT molecular complexity index is 1020. The fraction of sp³-hybridized carbons (Fsp3) is 0.571. The van der Waals surface area contributed by atoms with E-state index >= 15 is 0 Å². The van der Waals surface area contributed by atoms with Crippen molar-refractivity contribution in [1.82, 2.24) is 19.8 Å². The quantitative estimate of drug-likeness (QED) is 0.824. The van der Waals surface area contributed by atoms with Crippen molar-refractivity contribution in [3.8, 4) is 5.88 Å². The van der Waals surface area contributed by atoms with E-state index in [-0.39, 0.29) is 24.2 Å². The summed E-state index contributed by atoms with van der Waals surface area (Å²) in [7, 11) is 3.99. The van der Waals surface area contributed by atoms with Crippen LogP contribution in [0.4, 0.5) is 15.0 Å². The van der Waals surface area contributed by atoms with Crippen LogP contribution in [0.15, 0.2) is 12.3 Å². The number of hydrogen-bond acceptors (Lipinski definition) is 6. The van der Waals surface area contributed by atoms with Crippen LogP contribution in [0.25, 0.3) is 10.8 Å². The molecule has 0 spiro atoms. The van der Waals surface area contributed by atoms with Gasteiger partial charge in [-0.2, -0.15) is 0 Å². The third kappa shape index (κ3) is 2.86. The Balaban J connectivity index is 1.68. The summed E-state index contributed by atoms with van der Waals surface area (Å²) in [6.45, 7) is 3.26. The van der Waals surface area contributed by atoms with Crippen molar-refractivity contribution in [2.24, 2.45) is 0 Å². The first-order valence-corrected chi connectivity index (χ1v) is 10.4. The molecule has 8 nitrogen and oxygen atoms in total. The molecule has 1 N–H and O–H groups in total. The van der Waals surface area contributed by atoms with Crippen molar-refractivity contribution in [2.45, 2.75) is 50.4 Å². The van der Waals surface area contributed by atoms with E-state index in [1.807, 2.05) is 21.0 Å². The van der Waals surface area contributed by atoms with E-state index in [1.54, 1.807) is 11.0 Å². The molecule has 2 aromatic rings. The number of rotatable bonds is 3. The van der Waals surface area contributed by atoms with Gasteiger partial charge in [0.25, 0.3) is 0 Å². The first-order valence-electron chi connectivity index (χ1n) is 10.4. The van der Waals surface area contributed by atoms with Crippen molar-refractivity contribution < 1.29 is 19.0 Å². The van der Waals surface area contributed by atoms with Crippen LogP contribution in [-0.4, -0.2) is 82.4 Å². The van der Waals surface area contributed by atoms with Gasteiger partial charge >= 0.3 is 6.09 Å². The van der Waals surface area contributed by atoms with Gasteiger partial charge in [0.05, 0.1) is 29.7 Å². The molecule has 0 radical (unpaired) electrons. The Morgan fingerprint density at radius 2 is 2.20 bits per heavy atom. The van der Waals surface area contributed by atoms with Crippen LogP contribution in [0.5, 0.6) is 5.88 Å². The molecular formula is C21H26FN5O3. The predicted molar refractivity (Wildman–Crippen MR) is 110 cm³/mol. The summed E-state index contributed by atoms with van der Waals surface area (Å²) >= 11 is 0. The Morgan fingerprint density at radius 1 is 1.40 bits per heavy atom. The van der Waals surface area contributed by atoms with E-state index in [1.165, 1.54) is 6.20 Å². The summed E-state index contributed by atoms with van der Waals surface area (Å²) < 4.78 is 21.0. The SMILES string of the molecule is CC1Oc2ncc(F)c3cc(CCN(C)C)nc(c23)N2CC3CCC(C12)N3C(=O)O. The first kappa shape index (κ1) is 19.3. The van der Waals surface area contributed by atoms with Crippen molar-refractivity contribution in [2.75, 3.05) is 32.1 Å². The van der Waals surface area contributed by atoms with Crippen LogP contribution in [0.2, 0.25) is 0 Å². The van der Waals surface area contributed by atoms with E-state index in [4.69, 9.17) is 9.72 Å². The van der Waals surface area contributed by atoms with Gasteiger partial charge in [-0.05, 0) is 39.9 Å². The lowest BCUT2D eigenvalue weighted by Gasteiger charge is -2.47. The summed E-state index contributed by atoms with van der Waals surface area (Å²) in [6.07, 6.45) is 2.29. The van der Waals surface area contributed by atoms with Gasteiger partial charge in [0, 0.05) is 30.6 Å². The Morgan fingerprint density at radius 3 is 2.93 bits per heavy atom. The molecule has 2 aromatic heterocycles. The highest BCUT2D eigenvalue weighted by molar-refractivity contribution is 5.97. The van der Waals surface area contributed by atoms with Gasteiger partial charge in [-0.3, -0.25) is 4.90 Å². The number of nitrogens with zero attached hydrogens (tertiary/aromatic N) is 5. The lowest BCUT2D eigenvalue weighted by Crippen LogP contribution is -2.64. The summed E-state index contributed by atoms with van der Waals surface area (Å²) in [6, 6.07) is 1.31. The highest BCUT2D eigenvalue weighted by Gasteiger charge is 2.52. The number of pyridine rings is 2. The van der Waals surface area contributed by atoms with E-state index in [0.717, 1.165) is 25.1 Å². The number of amides is 1. The lowest BCUT2D eigenvalue weighted by molar-refractivity contribution is 0.0707. The maximum atomic E-state index is 14.8. The first-order chi connectivity index (χ1) is 14.3. The van der Waals surface area contributed by atoms with E-state index < -0.39 is 11.9 Å². The lowest BCUT2D eigenvalue weighted by atomic mass is 9.98. The standard InChI is InChI=1S/C21H26FN5O3/c1-11-18-16-5-4-13(27(16)21(28)29)10-26(18)19-17-14(15(22)9-23-20(17)30-11)8-12(24-19)6-7-25(2)3/h8-9,11,13,16,18H,4-7,10H2,1-3H3,(H,28,29). The number of likely N-dealkylation sites (N-methyl/N-ethyl adjacent to an activating group) is 1. The number of anilines is 1. The summed E-state index contributed by atoms with van der Waals surface area (Å²) in [4.78, 5) is 26.9. The molecule has 0 aromatic carbocycles. The molecule has 30 heavy (non-hydrogen) atoms. The molecule has 3 aliphatic heterocycles. The maximum Gasteiger partial charge on any atom is 0.407 e. The molecule has 4 unspecified atom stereocenters. The minimum Gasteiger partial charge on any atom is -0.472 e. The molecule has 1 amide bonds. The van der Waals surface area contributed by atoms with Crippen LogP contribution in [0, 0.1) is 5.82 Å². The van der Waals surface area contributed by atoms with Gasteiger partial charge in [0.15, 0.2) is 0 Å². The molecule has 2 fully saturated rings. The van der Waals surface area contributed by atoms with E-state index in [2.05, 4.69) is 14.8 Å². The Kier molecular flexibility index (Phi) is 4.46. The fourth-order valence-corrected chi connectivity index (χ4v) is 5.32. The number of hydrogen-bond donors (Lipinski definition) is 1. The minimum absolute atomic E-state index is 0.0960. The van der Waals surface area contributed by atoms with Gasteiger partial charge in [-0.15, -0.1) is 0 Å². The average molecular weight is 415 g/mol. The molecule has 5 heterocycles. The number of carboxylic acid groups (broad SMARTS) is 1. The molecule has 0 saturated carbocycles. The molecule has 5 rings (SSSR count). The van der Waals surface area contributed by atoms with Gasteiger partial charge in [0.2, 0.25) is 5.88 Å². The second kappa shape index (κ2) is 6.94. The van der Waals surface area contributed by atoms with Gasteiger partial charge in [-0.25, -0.2) is 19.2 Å². The van der Waals surface area contributed by atoms with E-state index in [9.17, 15) is 14.3 Å². The van der Waals surface area contributed by atoms with Gasteiger partial charge in [-0.1, -0.05) is 0 Å². The third-order valence-electron chi connectivity index (χ3n) is 6.61. The highest BCUT2D eigenvalue weighted by atomic mass is 19.1. The van der Waals surface area contributed by atoms with Crippen LogP contribution < -0.4 is 9.64 Å². The minimum atomic E-state index is -0.891. The topological polar surface area (TPSA) is 82.0 Å². The van der Waals surface area contributed by atoms with Gasteiger partial charge in [0.1, 0.15) is 17.7 Å². The third-order valence-corrected chi connectivity index (χ3v) is 6.61. The molecule has 0 aliphatic carbocycles. The number of carbonyl (C=O) groups is 1. The number of aromatic nitrogens is 2. The van der Waals surface area contributed by atoms with Crippen molar-refractivity contribution in [1.29, 1.82) is 0 Å². The van der Waals surface area contributed by atoms with E-state index in [0.29, 0.717) is 35.4 Å². The fourth-order valence-electron chi connectivity index (χ4n) is 5.32.